The first-order valence-corrected chi connectivity index (χ1v) is 10.0. The first-order chi connectivity index (χ1) is 14.9. The van der Waals surface area contributed by atoms with Crippen molar-refractivity contribution in [3.63, 3.8) is 0 Å². The second-order valence-electron chi connectivity index (χ2n) is 7.33. The number of hydrogen-bond donors (Lipinski definition) is 2. The fourth-order valence-electron chi connectivity index (χ4n) is 3.32. The third-order valence-corrected chi connectivity index (χ3v) is 5.04. The molecule has 0 aliphatic carbocycles. The summed E-state index contributed by atoms with van der Waals surface area (Å²) in [4.78, 5) is 15.5. The van der Waals surface area contributed by atoms with E-state index in [0.717, 1.165) is 6.08 Å². The van der Waals surface area contributed by atoms with Gasteiger partial charge in [0.05, 0.1) is 6.04 Å². The molecule has 0 bridgehead atoms. The molecule has 2 heterocycles. The highest BCUT2D eigenvalue weighted by Crippen LogP contribution is 2.32. The largest absolute Gasteiger partial charge is 0.382 e. The number of rotatable bonds is 11. The number of carbonyl (C=O) groups excluding carboxylic acids is 1. The Morgan fingerprint density at radius 3 is 2.84 bits per heavy atom. The smallest absolute Gasteiger partial charge is 0.320 e. The highest BCUT2D eigenvalue weighted by molar-refractivity contribution is 5.77. The fraction of sp³-hybridized carbons (Fsp3) is 0.500. The number of likely N-dealkylation sites (N-methyl/N-ethyl adjacent to an activating group) is 1. The molecule has 1 aromatic heterocycles. The molecule has 0 saturated carbocycles. The Balaban J connectivity index is 1.50. The number of nitrogens with zero attached hydrogens (tertiary/aromatic N) is 5. The van der Waals surface area contributed by atoms with Crippen molar-refractivity contribution in [2.45, 2.75) is 37.5 Å². The van der Waals surface area contributed by atoms with E-state index in [0.29, 0.717) is 38.4 Å². The fourth-order valence-corrected chi connectivity index (χ4v) is 3.32. The topological polar surface area (TPSA) is 107 Å². The van der Waals surface area contributed by atoms with E-state index in [-0.39, 0.29) is 24.2 Å². The van der Waals surface area contributed by atoms with Crippen LogP contribution in [0.3, 0.4) is 0 Å². The highest BCUT2D eigenvalue weighted by atomic mass is 19.3. The minimum atomic E-state index is -3.42. The van der Waals surface area contributed by atoms with Gasteiger partial charge in [-0.2, -0.15) is 14.0 Å². The average Bonchev–Trinajstić information content (AvgIpc) is 3.38. The summed E-state index contributed by atoms with van der Waals surface area (Å²) in [5, 5.41) is 23.4. The lowest BCUT2D eigenvalue weighted by Gasteiger charge is -2.23. The molecule has 1 unspecified atom stereocenters. The maximum absolute atomic E-state index is 14.5. The summed E-state index contributed by atoms with van der Waals surface area (Å²) in [5.74, 6) is -2.96. The number of ether oxygens (including phenoxy) is 1. The van der Waals surface area contributed by atoms with Gasteiger partial charge < -0.3 is 19.6 Å². The van der Waals surface area contributed by atoms with E-state index in [9.17, 15) is 18.7 Å². The second kappa shape index (κ2) is 10.4. The Hall–Kier alpha value is -2.92. The number of aromatic amines is 1. The molecule has 3 rings (SSSR count). The number of unbranched alkanes of at least 4 members (excludes halogenated alkanes) is 1. The Labute approximate surface area is 178 Å². The van der Waals surface area contributed by atoms with Crippen molar-refractivity contribution in [2.24, 2.45) is 0 Å². The zero-order chi connectivity index (χ0) is 22.3. The van der Waals surface area contributed by atoms with Crippen molar-refractivity contribution in [1.82, 2.24) is 30.4 Å². The van der Waals surface area contributed by atoms with Gasteiger partial charge in [0.15, 0.2) is 5.82 Å². The van der Waals surface area contributed by atoms with E-state index in [1.807, 2.05) is 0 Å². The SMILES string of the molecule is CN1C[C@H](/C=C/C(O)C(F)(F)c2ccccc2)N(CCCCOCc2nn[nH]n2)C1=O. The first kappa shape index (κ1) is 22.8. The lowest BCUT2D eigenvalue weighted by atomic mass is 10.0. The molecule has 0 radical (unpaired) electrons. The summed E-state index contributed by atoms with van der Waals surface area (Å²) in [7, 11) is 1.66. The van der Waals surface area contributed by atoms with E-state index in [4.69, 9.17) is 4.74 Å². The number of alkyl halides is 2. The van der Waals surface area contributed by atoms with Crippen molar-refractivity contribution in [1.29, 1.82) is 0 Å². The number of benzene rings is 1. The zero-order valence-electron chi connectivity index (χ0n) is 17.2. The van der Waals surface area contributed by atoms with Crippen molar-refractivity contribution in [2.75, 3.05) is 26.7 Å². The third kappa shape index (κ3) is 5.82. The van der Waals surface area contributed by atoms with Crippen molar-refractivity contribution in [3.8, 4) is 0 Å². The Bertz CT molecular complexity index is 850. The number of aromatic nitrogens is 4. The maximum atomic E-state index is 14.5. The van der Waals surface area contributed by atoms with Crippen LogP contribution in [-0.2, 0) is 17.3 Å². The number of amides is 2. The molecule has 2 amide bonds. The molecule has 1 fully saturated rings. The normalized spacial score (nSPS) is 18.3. The number of urea groups is 1. The molecule has 31 heavy (non-hydrogen) atoms. The van der Waals surface area contributed by atoms with Gasteiger partial charge in [-0.1, -0.05) is 47.7 Å². The molecular weight excluding hydrogens is 410 g/mol. The standard InChI is InChI=1S/C20H26F2N6O3/c1-27-13-16(9-10-17(29)20(21,22)15-7-3-2-4-8-15)28(19(27)30)11-5-6-12-31-14-18-23-25-26-24-18/h2-4,7-10,16-17,29H,5-6,11-14H2,1H3,(H,23,24,25,26)/b10-9+/t16-,17?/m0/s1. The van der Waals surface area contributed by atoms with Crippen LogP contribution in [-0.4, -0.2) is 80.5 Å². The number of nitrogens with one attached hydrogen (secondary N) is 1. The Morgan fingerprint density at radius 2 is 2.13 bits per heavy atom. The quantitative estimate of drug-likeness (QED) is 0.412. The molecule has 1 aromatic carbocycles. The van der Waals surface area contributed by atoms with E-state index >= 15 is 0 Å². The molecule has 2 aromatic rings. The highest BCUT2D eigenvalue weighted by Gasteiger charge is 2.39. The van der Waals surface area contributed by atoms with Gasteiger partial charge in [-0.15, -0.1) is 10.2 Å². The van der Waals surface area contributed by atoms with Gasteiger partial charge in [0.25, 0.3) is 0 Å². The molecule has 1 saturated heterocycles. The summed E-state index contributed by atoms with van der Waals surface area (Å²) < 4.78 is 34.4. The van der Waals surface area contributed by atoms with Crippen LogP contribution in [0.25, 0.3) is 0 Å². The molecule has 2 N–H and O–H groups in total. The van der Waals surface area contributed by atoms with E-state index in [2.05, 4.69) is 20.6 Å². The molecular formula is C20H26F2N6O3. The zero-order valence-corrected chi connectivity index (χ0v) is 17.2. The van der Waals surface area contributed by atoms with E-state index in [1.165, 1.54) is 35.2 Å². The van der Waals surface area contributed by atoms with Gasteiger partial charge in [-0.05, 0) is 12.8 Å². The molecule has 1 aliphatic heterocycles. The van der Waals surface area contributed by atoms with Crippen LogP contribution in [0.15, 0.2) is 42.5 Å². The molecule has 0 spiro atoms. The summed E-state index contributed by atoms with van der Waals surface area (Å²) in [6.45, 7) is 1.54. The lowest BCUT2D eigenvalue weighted by Crippen LogP contribution is -2.35. The Kier molecular flexibility index (Phi) is 7.64. The number of carbonyl (C=O) groups is 1. The summed E-state index contributed by atoms with van der Waals surface area (Å²) in [5.41, 5.74) is -0.260. The van der Waals surface area contributed by atoms with Crippen LogP contribution in [0.2, 0.25) is 0 Å². The number of tetrazole rings is 1. The minimum Gasteiger partial charge on any atom is -0.382 e. The van der Waals surface area contributed by atoms with Gasteiger partial charge in [0, 0.05) is 32.3 Å². The number of aliphatic hydroxyl groups excluding tert-OH is 1. The molecule has 1 aliphatic rings. The van der Waals surface area contributed by atoms with Gasteiger partial charge in [0.2, 0.25) is 0 Å². The van der Waals surface area contributed by atoms with Crippen molar-refractivity contribution < 1.29 is 23.4 Å². The van der Waals surface area contributed by atoms with Crippen molar-refractivity contribution in [3.05, 3.63) is 53.9 Å². The van der Waals surface area contributed by atoms with Crippen LogP contribution in [0.1, 0.15) is 24.2 Å². The summed E-state index contributed by atoms with van der Waals surface area (Å²) in [6.07, 6.45) is 1.95. The van der Waals surface area contributed by atoms with Crippen molar-refractivity contribution >= 4 is 6.03 Å². The molecule has 9 nitrogen and oxygen atoms in total. The molecule has 11 heteroatoms. The molecule has 2 atom stereocenters. The number of hydrogen-bond acceptors (Lipinski definition) is 6. The van der Waals surface area contributed by atoms with Crippen LogP contribution < -0.4 is 0 Å². The molecule has 168 valence electrons. The summed E-state index contributed by atoms with van der Waals surface area (Å²) >= 11 is 0. The maximum Gasteiger partial charge on any atom is 0.320 e. The number of aliphatic hydroxyl groups is 1. The second-order valence-corrected chi connectivity index (χ2v) is 7.33. The lowest BCUT2D eigenvalue weighted by molar-refractivity contribution is -0.0929. The van der Waals surface area contributed by atoms with E-state index < -0.39 is 12.0 Å². The van der Waals surface area contributed by atoms with Crippen LogP contribution in [0.5, 0.6) is 0 Å². The summed E-state index contributed by atoms with van der Waals surface area (Å²) in [6, 6.07) is 6.62. The van der Waals surface area contributed by atoms with Crippen LogP contribution in [0, 0.1) is 0 Å². The monoisotopic (exact) mass is 436 g/mol. The van der Waals surface area contributed by atoms with Crippen LogP contribution in [0.4, 0.5) is 13.6 Å². The number of halogens is 2. The third-order valence-electron chi connectivity index (χ3n) is 5.04. The minimum absolute atomic E-state index is 0.174. The predicted octanol–water partition coefficient (Wildman–Crippen LogP) is 1.94. The average molecular weight is 436 g/mol. The van der Waals surface area contributed by atoms with Gasteiger partial charge >= 0.3 is 12.0 Å². The van der Waals surface area contributed by atoms with Gasteiger partial charge in [-0.25, -0.2) is 4.79 Å². The van der Waals surface area contributed by atoms with Gasteiger partial charge in [-0.3, -0.25) is 0 Å². The Morgan fingerprint density at radius 1 is 1.35 bits per heavy atom. The number of H-pyrrole nitrogens is 1. The van der Waals surface area contributed by atoms with E-state index in [1.54, 1.807) is 18.0 Å². The van der Waals surface area contributed by atoms with Gasteiger partial charge in [0.1, 0.15) is 12.7 Å². The first-order valence-electron chi connectivity index (χ1n) is 10.0. The van der Waals surface area contributed by atoms with Crippen LogP contribution >= 0.6 is 0 Å². The predicted molar refractivity (Wildman–Crippen MR) is 107 cm³/mol.